The molecule has 5 nitrogen and oxygen atoms in total. The molecule has 1 aliphatic heterocycles. The Bertz CT molecular complexity index is 507. The number of allylic oxidation sites excluding steroid dienone is 2. The van der Waals surface area contributed by atoms with Gasteiger partial charge >= 0.3 is 0 Å². The Morgan fingerprint density at radius 3 is 2.80 bits per heavy atom. The van der Waals surface area contributed by atoms with Gasteiger partial charge in [0, 0.05) is 32.1 Å². The van der Waals surface area contributed by atoms with Gasteiger partial charge in [-0.3, -0.25) is 4.79 Å². The predicted octanol–water partition coefficient (Wildman–Crippen LogP) is 1.65. The smallest absolute Gasteiger partial charge is 0.269 e. The predicted molar refractivity (Wildman–Crippen MR) is 80.6 cm³/mol. The van der Waals surface area contributed by atoms with Gasteiger partial charge in [-0.15, -0.1) is 11.6 Å². The van der Waals surface area contributed by atoms with E-state index in [1.807, 2.05) is 6.08 Å². The third-order valence-electron chi connectivity index (χ3n) is 3.53. The van der Waals surface area contributed by atoms with Crippen molar-refractivity contribution in [2.24, 2.45) is 0 Å². The Morgan fingerprint density at radius 1 is 1.45 bits per heavy atom. The van der Waals surface area contributed by atoms with Crippen LogP contribution in [0.4, 0.5) is 5.69 Å². The maximum absolute atomic E-state index is 12.0. The summed E-state index contributed by atoms with van der Waals surface area (Å²) < 4.78 is 6.77. The molecule has 0 amide bonds. The molecule has 0 unspecified atom stereocenters. The number of halogens is 1. The molecule has 0 radical (unpaired) electrons. The summed E-state index contributed by atoms with van der Waals surface area (Å²) in [6.45, 7) is 2.25. The molecule has 0 N–H and O–H groups in total. The van der Waals surface area contributed by atoms with Gasteiger partial charge in [0.15, 0.2) is 0 Å². The molecule has 1 aliphatic rings. The van der Waals surface area contributed by atoms with Crippen molar-refractivity contribution in [2.75, 3.05) is 31.0 Å². The number of piperidine rings is 1. The molecule has 0 aliphatic carbocycles. The van der Waals surface area contributed by atoms with E-state index in [1.54, 1.807) is 25.4 Å². The fourth-order valence-corrected chi connectivity index (χ4v) is 2.45. The van der Waals surface area contributed by atoms with Crippen LogP contribution in [0.1, 0.15) is 12.8 Å². The number of anilines is 1. The van der Waals surface area contributed by atoms with Crippen molar-refractivity contribution in [3.8, 4) is 0 Å². The fourth-order valence-electron chi connectivity index (χ4n) is 2.32. The lowest BCUT2D eigenvalue weighted by atomic mass is 10.1. The Labute approximate surface area is 123 Å². The molecule has 1 saturated heterocycles. The van der Waals surface area contributed by atoms with E-state index in [0.717, 1.165) is 31.6 Å². The second kappa shape index (κ2) is 7.45. The highest BCUT2D eigenvalue weighted by Gasteiger charge is 2.19. The summed E-state index contributed by atoms with van der Waals surface area (Å²) in [5.41, 5.74) is 0.803. The Kier molecular flexibility index (Phi) is 5.61. The van der Waals surface area contributed by atoms with Crippen molar-refractivity contribution in [2.45, 2.75) is 25.5 Å². The number of hydrogen-bond acceptors (Lipinski definition) is 4. The van der Waals surface area contributed by atoms with Crippen LogP contribution >= 0.6 is 11.6 Å². The Morgan fingerprint density at radius 2 is 2.20 bits per heavy atom. The quantitative estimate of drug-likeness (QED) is 0.612. The van der Waals surface area contributed by atoms with Gasteiger partial charge in [0.25, 0.3) is 5.56 Å². The van der Waals surface area contributed by atoms with Crippen molar-refractivity contribution in [3.05, 3.63) is 34.8 Å². The van der Waals surface area contributed by atoms with Gasteiger partial charge in [-0.05, 0) is 12.8 Å². The van der Waals surface area contributed by atoms with Crippen LogP contribution in [0.2, 0.25) is 0 Å². The molecular formula is C14H20ClN3O2. The number of methoxy groups -OCH3 is 1. The fraction of sp³-hybridized carbons (Fsp3) is 0.571. The first kappa shape index (κ1) is 15.1. The summed E-state index contributed by atoms with van der Waals surface area (Å²) in [6, 6.07) is 1.65. The largest absolute Gasteiger partial charge is 0.381 e. The van der Waals surface area contributed by atoms with Gasteiger partial charge in [0.1, 0.15) is 0 Å². The second-order valence-electron chi connectivity index (χ2n) is 4.78. The van der Waals surface area contributed by atoms with E-state index in [-0.39, 0.29) is 5.56 Å². The minimum absolute atomic E-state index is 0.0874. The molecule has 0 spiro atoms. The maximum Gasteiger partial charge on any atom is 0.269 e. The number of rotatable bonds is 5. The van der Waals surface area contributed by atoms with E-state index in [4.69, 9.17) is 16.3 Å². The summed E-state index contributed by atoms with van der Waals surface area (Å²) in [4.78, 5) is 14.2. The zero-order chi connectivity index (χ0) is 14.4. The van der Waals surface area contributed by atoms with Gasteiger partial charge in [0.2, 0.25) is 0 Å². The molecule has 1 aromatic rings. The third-order valence-corrected chi connectivity index (χ3v) is 3.71. The molecule has 2 heterocycles. The topological polar surface area (TPSA) is 47.4 Å². The van der Waals surface area contributed by atoms with E-state index >= 15 is 0 Å². The molecule has 110 valence electrons. The van der Waals surface area contributed by atoms with Gasteiger partial charge in [-0.25, -0.2) is 4.68 Å². The monoisotopic (exact) mass is 297 g/mol. The van der Waals surface area contributed by atoms with E-state index in [1.165, 1.54) is 4.68 Å². The molecule has 0 aromatic carbocycles. The zero-order valence-electron chi connectivity index (χ0n) is 11.7. The summed E-state index contributed by atoms with van der Waals surface area (Å²) in [5, 5.41) is 4.20. The molecule has 6 heteroatoms. The number of ether oxygens (including phenoxy) is 1. The first-order valence-corrected chi connectivity index (χ1v) is 7.34. The summed E-state index contributed by atoms with van der Waals surface area (Å²) in [6.07, 6.45) is 7.70. The highest BCUT2D eigenvalue weighted by Crippen LogP contribution is 2.18. The highest BCUT2D eigenvalue weighted by molar-refractivity contribution is 6.18. The average molecular weight is 298 g/mol. The third kappa shape index (κ3) is 3.84. The molecule has 20 heavy (non-hydrogen) atoms. The summed E-state index contributed by atoms with van der Waals surface area (Å²) >= 11 is 5.55. The molecule has 0 saturated carbocycles. The molecule has 1 fully saturated rings. The van der Waals surface area contributed by atoms with Crippen LogP contribution in [0.25, 0.3) is 0 Å². The number of nitrogens with zero attached hydrogens (tertiary/aromatic N) is 3. The van der Waals surface area contributed by atoms with Crippen LogP contribution < -0.4 is 10.5 Å². The lowest BCUT2D eigenvalue weighted by molar-refractivity contribution is 0.0819. The van der Waals surface area contributed by atoms with E-state index in [9.17, 15) is 4.79 Å². The van der Waals surface area contributed by atoms with E-state index < -0.39 is 0 Å². The Balaban J connectivity index is 2.02. The van der Waals surface area contributed by atoms with Crippen LogP contribution in [0, 0.1) is 0 Å². The molecule has 0 bridgehead atoms. The zero-order valence-corrected chi connectivity index (χ0v) is 12.4. The van der Waals surface area contributed by atoms with E-state index in [0.29, 0.717) is 18.5 Å². The highest BCUT2D eigenvalue weighted by atomic mass is 35.5. The van der Waals surface area contributed by atoms with Crippen LogP contribution in [0.15, 0.2) is 29.2 Å². The van der Waals surface area contributed by atoms with E-state index in [2.05, 4.69) is 10.00 Å². The van der Waals surface area contributed by atoms with Gasteiger partial charge in [0.05, 0.1) is 24.5 Å². The SMILES string of the molecule is COC1CCN(c2cnn(C/C=C/CCl)c(=O)c2)CC1. The van der Waals surface area contributed by atoms with Crippen LogP contribution in [0.3, 0.4) is 0 Å². The first-order chi connectivity index (χ1) is 9.74. The normalized spacial score (nSPS) is 17.0. The molecule has 1 aromatic heterocycles. The number of aromatic nitrogens is 2. The minimum atomic E-state index is -0.0874. The van der Waals surface area contributed by atoms with Gasteiger partial charge in [-0.1, -0.05) is 12.2 Å². The van der Waals surface area contributed by atoms with Crippen molar-refractivity contribution >= 4 is 17.3 Å². The lowest BCUT2D eigenvalue weighted by Gasteiger charge is -2.32. The summed E-state index contributed by atoms with van der Waals surface area (Å²) in [7, 11) is 1.75. The molecule has 2 rings (SSSR count). The summed E-state index contributed by atoms with van der Waals surface area (Å²) in [5.74, 6) is 0.446. The second-order valence-corrected chi connectivity index (χ2v) is 5.09. The van der Waals surface area contributed by atoms with Crippen molar-refractivity contribution in [3.63, 3.8) is 0 Å². The van der Waals surface area contributed by atoms with Crippen LogP contribution in [0.5, 0.6) is 0 Å². The molecule has 0 atom stereocenters. The van der Waals surface area contributed by atoms with Gasteiger partial charge < -0.3 is 9.64 Å². The first-order valence-electron chi connectivity index (χ1n) is 6.80. The van der Waals surface area contributed by atoms with Crippen molar-refractivity contribution < 1.29 is 4.74 Å². The molecular weight excluding hydrogens is 278 g/mol. The Hall–Kier alpha value is -1.33. The van der Waals surface area contributed by atoms with Crippen molar-refractivity contribution in [1.82, 2.24) is 9.78 Å². The average Bonchev–Trinajstić information content (AvgIpc) is 2.49. The minimum Gasteiger partial charge on any atom is -0.381 e. The van der Waals surface area contributed by atoms with Crippen LogP contribution in [-0.4, -0.2) is 42.0 Å². The maximum atomic E-state index is 12.0. The number of alkyl halides is 1. The van der Waals surface area contributed by atoms with Gasteiger partial charge in [-0.2, -0.15) is 5.10 Å². The lowest BCUT2D eigenvalue weighted by Crippen LogP contribution is -2.37. The standard InChI is InChI=1S/C14H20ClN3O2/c1-20-13-4-8-17(9-5-13)12-10-14(19)18(16-11-12)7-3-2-6-15/h2-3,10-11,13H,4-9H2,1H3/b3-2+. The number of hydrogen-bond donors (Lipinski definition) is 0. The van der Waals surface area contributed by atoms with Crippen LogP contribution in [-0.2, 0) is 11.3 Å². The van der Waals surface area contributed by atoms with Crippen molar-refractivity contribution in [1.29, 1.82) is 0 Å².